The molecule has 0 saturated heterocycles. The van der Waals surface area contributed by atoms with E-state index in [0.29, 0.717) is 0 Å². The van der Waals surface area contributed by atoms with Crippen LogP contribution in [0.4, 0.5) is 4.79 Å². The highest BCUT2D eigenvalue weighted by Crippen LogP contribution is 2.07. The summed E-state index contributed by atoms with van der Waals surface area (Å²) in [6.45, 7) is -0.0898. The summed E-state index contributed by atoms with van der Waals surface area (Å²) in [5, 5.41) is 10.9. The average Bonchev–Trinajstić information content (AvgIpc) is 2.34. The number of hydrogen-bond acceptors (Lipinski definition) is 3. The van der Waals surface area contributed by atoms with Crippen LogP contribution in [0.1, 0.15) is 0 Å². The summed E-state index contributed by atoms with van der Waals surface area (Å²) in [5.41, 5.74) is 4.83. The van der Waals surface area contributed by atoms with Crippen molar-refractivity contribution in [1.29, 1.82) is 0 Å². The quantitative estimate of drug-likeness (QED) is 0.447. The fraction of sp³-hybridized carbons (Fsp3) is 0.500. The van der Waals surface area contributed by atoms with Gasteiger partial charge in [0.25, 0.3) is 0 Å². The van der Waals surface area contributed by atoms with E-state index in [1.54, 1.807) is 12.2 Å². The maximum Gasteiger partial charge on any atom is 0.314 e. The van der Waals surface area contributed by atoms with E-state index < -0.39 is 12.3 Å². The molecule has 0 radical (unpaired) electrons. The standard InChI is InChI=1S/C6H10N2O3/c7-6(10)8-5-2-1-4(3-9)11-5/h1-2,4-5,9H,3H2,(H3,7,8,10). The Morgan fingerprint density at radius 1 is 1.73 bits per heavy atom. The van der Waals surface area contributed by atoms with E-state index in [1.165, 1.54) is 0 Å². The molecule has 0 bridgehead atoms. The lowest BCUT2D eigenvalue weighted by Gasteiger charge is -2.11. The van der Waals surface area contributed by atoms with Gasteiger partial charge in [0.1, 0.15) is 6.10 Å². The third-order valence-corrected chi connectivity index (χ3v) is 1.29. The van der Waals surface area contributed by atoms with Crippen LogP contribution in [0, 0.1) is 0 Å². The number of aliphatic hydroxyl groups excluding tert-OH is 1. The number of urea groups is 1. The van der Waals surface area contributed by atoms with Gasteiger partial charge in [-0.25, -0.2) is 4.79 Å². The Hall–Kier alpha value is -1.07. The van der Waals surface area contributed by atoms with E-state index in [-0.39, 0.29) is 12.7 Å². The van der Waals surface area contributed by atoms with Crippen LogP contribution in [-0.2, 0) is 4.74 Å². The molecule has 2 amide bonds. The molecule has 11 heavy (non-hydrogen) atoms. The molecule has 62 valence electrons. The fourth-order valence-electron chi connectivity index (χ4n) is 0.830. The van der Waals surface area contributed by atoms with Gasteiger partial charge in [0.05, 0.1) is 6.61 Å². The third kappa shape index (κ3) is 2.21. The van der Waals surface area contributed by atoms with Crippen molar-refractivity contribution in [3.8, 4) is 0 Å². The van der Waals surface area contributed by atoms with Crippen molar-refractivity contribution in [1.82, 2.24) is 5.32 Å². The first-order valence-electron chi connectivity index (χ1n) is 3.23. The van der Waals surface area contributed by atoms with E-state index in [9.17, 15) is 4.79 Å². The highest BCUT2D eigenvalue weighted by atomic mass is 16.5. The predicted molar refractivity (Wildman–Crippen MR) is 37.6 cm³/mol. The molecular formula is C6H10N2O3. The number of hydrogen-bond donors (Lipinski definition) is 3. The first kappa shape index (κ1) is 8.03. The van der Waals surface area contributed by atoms with Gasteiger partial charge in [-0.3, -0.25) is 0 Å². The van der Waals surface area contributed by atoms with Gasteiger partial charge in [-0.05, 0) is 6.08 Å². The molecule has 1 heterocycles. The molecule has 5 heteroatoms. The highest BCUT2D eigenvalue weighted by molar-refractivity contribution is 5.72. The maximum atomic E-state index is 10.3. The molecule has 0 saturated carbocycles. The lowest BCUT2D eigenvalue weighted by atomic mass is 10.4. The van der Waals surface area contributed by atoms with Gasteiger partial charge >= 0.3 is 6.03 Å². The Bertz CT molecular complexity index is 181. The van der Waals surface area contributed by atoms with Gasteiger partial charge in [-0.2, -0.15) is 0 Å². The number of carbonyl (C=O) groups excluding carboxylic acids is 1. The van der Waals surface area contributed by atoms with Crippen LogP contribution in [0.25, 0.3) is 0 Å². The Labute approximate surface area is 63.8 Å². The van der Waals surface area contributed by atoms with Gasteiger partial charge in [0, 0.05) is 0 Å². The van der Waals surface area contributed by atoms with Crippen molar-refractivity contribution in [2.24, 2.45) is 5.73 Å². The monoisotopic (exact) mass is 158 g/mol. The molecule has 0 aromatic heterocycles. The van der Waals surface area contributed by atoms with Gasteiger partial charge in [0.2, 0.25) is 0 Å². The van der Waals surface area contributed by atoms with Gasteiger partial charge in [-0.15, -0.1) is 0 Å². The Balaban J connectivity index is 2.32. The van der Waals surface area contributed by atoms with Crippen LogP contribution < -0.4 is 11.1 Å². The zero-order valence-corrected chi connectivity index (χ0v) is 5.86. The number of nitrogens with two attached hydrogens (primary N) is 1. The first-order valence-corrected chi connectivity index (χ1v) is 3.23. The second kappa shape index (κ2) is 3.36. The maximum absolute atomic E-state index is 10.3. The van der Waals surface area contributed by atoms with Gasteiger partial charge in [0.15, 0.2) is 6.23 Å². The molecule has 0 aromatic rings. The Morgan fingerprint density at radius 2 is 2.45 bits per heavy atom. The summed E-state index contributed by atoms with van der Waals surface area (Å²) in [5.74, 6) is 0. The Kier molecular flexibility index (Phi) is 2.45. The number of primary amides is 1. The van der Waals surface area contributed by atoms with Gasteiger partial charge in [-0.1, -0.05) is 6.08 Å². The molecule has 1 aliphatic heterocycles. The number of aliphatic hydroxyl groups is 1. The summed E-state index contributed by atoms with van der Waals surface area (Å²) in [6.07, 6.45) is 2.48. The largest absolute Gasteiger partial charge is 0.393 e. The van der Waals surface area contributed by atoms with Crippen LogP contribution >= 0.6 is 0 Å². The van der Waals surface area contributed by atoms with Crippen molar-refractivity contribution < 1.29 is 14.6 Å². The van der Waals surface area contributed by atoms with Crippen LogP contribution in [0.2, 0.25) is 0 Å². The van der Waals surface area contributed by atoms with E-state index in [4.69, 9.17) is 15.6 Å². The fourth-order valence-corrected chi connectivity index (χ4v) is 0.830. The molecule has 2 atom stereocenters. The molecule has 0 aliphatic carbocycles. The molecule has 1 rings (SSSR count). The van der Waals surface area contributed by atoms with Crippen molar-refractivity contribution in [3.05, 3.63) is 12.2 Å². The average molecular weight is 158 g/mol. The van der Waals surface area contributed by atoms with Crippen molar-refractivity contribution in [3.63, 3.8) is 0 Å². The summed E-state index contributed by atoms with van der Waals surface area (Å²) >= 11 is 0. The minimum absolute atomic E-state index is 0.0898. The molecule has 4 N–H and O–H groups in total. The smallest absolute Gasteiger partial charge is 0.314 e. The number of amides is 2. The number of nitrogens with one attached hydrogen (secondary N) is 1. The summed E-state index contributed by atoms with van der Waals surface area (Å²) < 4.78 is 5.05. The second-order valence-corrected chi connectivity index (χ2v) is 2.17. The van der Waals surface area contributed by atoms with Gasteiger partial charge < -0.3 is 20.9 Å². The minimum atomic E-state index is -0.641. The van der Waals surface area contributed by atoms with Crippen molar-refractivity contribution in [2.45, 2.75) is 12.3 Å². The highest BCUT2D eigenvalue weighted by Gasteiger charge is 2.18. The molecular weight excluding hydrogens is 148 g/mol. The van der Waals surface area contributed by atoms with E-state index in [1.807, 2.05) is 0 Å². The van der Waals surface area contributed by atoms with Crippen LogP contribution in [0.3, 0.4) is 0 Å². The van der Waals surface area contributed by atoms with Crippen LogP contribution in [0.5, 0.6) is 0 Å². The van der Waals surface area contributed by atoms with Crippen LogP contribution in [-0.4, -0.2) is 30.1 Å². The minimum Gasteiger partial charge on any atom is -0.393 e. The topological polar surface area (TPSA) is 84.6 Å². The second-order valence-electron chi connectivity index (χ2n) is 2.17. The molecule has 0 spiro atoms. The summed E-state index contributed by atoms with van der Waals surface area (Å²) in [4.78, 5) is 10.3. The third-order valence-electron chi connectivity index (χ3n) is 1.29. The summed E-state index contributed by atoms with van der Waals surface area (Å²) in [7, 11) is 0. The number of ether oxygens (including phenoxy) is 1. The molecule has 2 unspecified atom stereocenters. The molecule has 1 aliphatic rings. The van der Waals surface area contributed by atoms with Crippen molar-refractivity contribution in [2.75, 3.05) is 6.61 Å². The van der Waals surface area contributed by atoms with E-state index >= 15 is 0 Å². The number of rotatable bonds is 2. The number of carbonyl (C=O) groups is 1. The zero-order chi connectivity index (χ0) is 8.27. The predicted octanol–water partition coefficient (Wildman–Crippen LogP) is -1.07. The lowest BCUT2D eigenvalue weighted by molar-refractivity contribution is 0.0167. The molecule has 5 nitrogen and oxygen atoms in total. The summed E-state index contributed by atoms with van der Waals surface area (Å²) in [6, 6.07) is -0.641. The lowest BCUT2D eigenvalue weighted by Crippen LogP contribution is -2.38. The molecule has 0 fully saturated rings. The van der Waals surface area contributed by atoms with E-state index in [2.05, 4.69) is 5.32 Å². The molecule has 0 aromatic carbocycles. The SMILES string of the molecule is NC(=O)NC1C=CC(CO)O1. The van der Waals surface area contributed by atoms with Crippen molar-refractivity contribution >= 4 is 6.03 Å². The first-order chi connectivity index (χ1) is 5.22. The Morgan fingerprint density at radius 3 is 2.91 bits per heavy atom. The van der Waals surface area contributed by atoms with E-state index in [0.717, 1.165) is 0 Å². The van der Waals surface area contributed by atoms with Crippen LogP contribution in [0.15, 0.2) is 12.2 Å². The normalized spacial score (nSPS) is 28.8. The zero-order valence-electron chi connectivity index (χ0n) is 5.86.